The molecule has 1 aromatic heterocycles. The van der Waals surface area contributed by atoms with Crippen LogP contribution in [0.1, 0.15) is 44.5 Å². The topological polar surface area (TPSA) is 90.7 Å². The molecule has 1 heterocycles. The van der Waals surface area contributed by atoms with Gasteiger partial charge in [0.05, 0.1) is 31.9 Å². The van der Waals surface area contributed by atoms with Gasteiger partial charge in [-0.05, 0) is 41.3 Å². The number of aromatic nitrogens is 1. The molecule has 1 unspecified atom stereocenters. The molecule has 3 rings (SSSR count). The average Bonchev–Trinajstić information content (AvgIpc) is 3.21. The van der Waals surface area contributed by atoms with E-state index in [2.05, 4.69) is 10.5 Å². The van der Waals surface area contributed by atoms with Crippen molar-refractivity contribution in [3.8, 4) is 5.88 Å². The van der Waals surface area contributed by atoms with E-state index in [0.717, 1.165) is 24.0 Å². The first-order chi connectivity index (χ1) is 11.1. The van der Waals surface area contributed by atoms with Crippen molar-refractivity contribution in [1.82, 2.24) is 10.5 Å². The highest BCUT2D eigenvalue weighted by Crippen LogP contribution is 2.32. The van der Waals surface area contributed by atoms with Gasteiger partial charge in [-0.25, -0.2) is 4.79 Å². The number of rotatable bonds is 4. The van der Waals surface area contributed by atoms with E-state index in [0.29, 0.717) is 5.56 Å². The van der Waals surface area contributed by atoms with Crippen LogP contribution in [0, 0.1) is 0 Å². The average molecular weight is 316 g/mol. The van der Waals surface area contributed by atoms with E-state index in [1.165, 1.54) is 20.3 Å². The Balaban J connectivity index is 1.79. The van der Waals surface area contributed by atoms with Gasteiger partial charge in [0.2, 0.25) is 5.76 Å². The van der Waals surface area contributed by atoms with Gasteiger partial charge >= 0.3 is 5.97 Å². The molecule has 1 atom stereocenters. The highest BCUT2D eigenvalue weighted by molar-refractivity contribution is 5.92. The summed E-state index contributed by atoms with van der Waals surface area (Å²) >= 11 is 0. The lowest BCUT2D eigenvalue weighted by atomic mass is 10.0. The maximum atomic E-state index is 12.2. The number of carbonyl (C=O) groups is 2. The lowest BCUT2D eigenvalue weighted by molar-refractivity contribution is 0.0600. The van der Waals surface area contributed by atoms with Crippen molar-refractivity contribution in [2.24, 2.45) is 0 Å². The number of esters is 1. The molecule has 0 bridgehead atoms. The van der Waals surface area contributed by atoms with Gasteiger partial charge in [0.1, 0.15) is 0 Å². The van der Waals surface area contributed by atoms with E-state index >= 15 is 0 Å². The summed E-state index contributed by atoms with van der Waals surface area (Å²) < 4.78 is 14.6. The fourth-order valence-electron chi connectivity index (χ4n) is 2.69. The molecule has 0 aliphatic heterocycles. The molecule has 120 valence electrons. The summed E-state index contributed by atoms with van der Waals surface area (Å²) in [6.45, 7) is 0. The summed E-state index contributed by atoms with van der Waals surface area (Å²) in [6, 6.07) is 6.63. The van der Waals surface area contributed by atoms with Gasteiger partial charge in [0.15, 0.2) is 0 Å². The zero-order valence-corrected chi connectivity index (χ0v) is 12.8. The van der Waals surface area contributed by atoms with Gasteiger partial charge in [-0.15, -0.1) is 0 Å². The molecular weight excluding hydrogens is 300 g/mol. The SMILES string of the molecule is COC(=O)c1ccc2c(c1)C(NC(=O)c1cc(OC)no1)CC2. The number of carbonyl (C=O) groups excluding carboxylic acids is 2. The van der Waals surface area contributed by atoms with E-state index in [9.17, 15) is 9.59 Å². The van der Waals surface area contributed by atoms with Gasteiger partial charge in [0, 0.05) is 0 Å². The first-order valence-electron chi connectivity index (χ1n) is 7.15. The minimum Gasteiger partial charge on any atom is -0.479 e. The Bertz CT molecular complexity index is 753. The predicted molar refractivity (Wildman–Crippen MR) is 79.4 cm³/mol. The van der Waals surface area contributed by atoms with Gasteiger partial charge in [0.25, 0.3) is 11.8 Å². The Morgan fingerprint density at radius 3 is 2.83 bits per heavy atom. The van der Waals surface area contributed by atoms with Crippen molar-refractivity contribution in [3.05, 3.63) is 46.7 Å². The van der Waals surface area contributed by atoms with Crippen molar-refractivity contribution in [2.45, 2.75) is 18.9 Å². The molecular formula is C16H16N2O5. The van der Waals surface area contributed by atoms with Crippen LogP contribution in [-0.2, 0) is 11.2 Å². The van der Waals surface area contributed by atoms with Crippen LogP contribution >= 0.6 is 0 Å². The number of nitrogens with one attached hydrogen (secondary N) is 1. The lowest BCUT2D eigenvalue weighted by Gasteiger charge is -2.13. The van der Waals surface area contributed by atoms with Crippen molar-refractivity contribution in [3.63, 3.8) is 0 Å². The van der Waals surface area contributed by atoms with Crippen LogP contribution in [-0.4, -0.2) is 31.3 Å². The van der Waals surface area contributed by atoms with Crippen LogP contribution in [0.3, 0.4) is 0 Å². The molecule has 0 radical (unpaired) electrons. The molecule has 1 aliphatic carbocycles. The van der Waals surface area contributed by atoms with E-state index in [1.54, 1.807) is 12.1 Å². The van der Waals surface area contributed by atoms with E-state index in [1.807, 2.05) is 6.07 Å². The highest BCUT2D eigenvalue weighted by atomic mass is 16.5. The second-order valence-electron chi connectivity index (χ2n) is 5.20. The Hall–Kier alpha value is -2.83. The number of hydrogen-bond acceptors (Lipinski definition) is 6. The van der Waals surface area contributed by atoms with E-state index < -0.39 is 5.97 Å². The van der Waals surface area contributed by atoms with Gasteiger partial charge in [-0.1, -0.05) is 6.07 Å². The molecule has 1 aliphatic rings. The van der Waals surface area contributed by atoms with Crippen LogP contribution in [0.25, 0.3) is 0 Å². The maximum absolute atomic E-state index is 12.2. The van der Waals surface area contributed by atoms with E-state index in [-0.39, 0.29) is 23.6 Å². The third kappa shape index (κ3) is 2.90. The second kappa shape index (κ2) is 6.12. The Labute approximate surface area is 132 Å². The standard InChI is InChI=1S/C16H16N2O5/c1-21-14-8-13(23-18-14)15(19)17-12-6-5-9-3-4-10(7-11(9)12)16(20)22-2/h3-4,7-8,12H,5-6H2,1-2H3,(H,17,19). The fraction of sp³-hybridized carbons (Fsp3) is 0.312. The van der Waals surface area contributed by atoms with Crippen LogP contribution in [0.5, 0.6) is 5.88 Å². The van der Waals surface area contributed by atoms with Crippen molar-refractivity contribution >= 4 is 11.9 Å². The third-order valence-corrected chi connectivity index (χ3v) is 3.87. The van der Waals surface area contributed by atoms with Crippen LogP contribution in [0.4, 0.5) is 0 Å². The normalized spacial score (nSPS) is 15.8. The quantitative estimate of drug-likeness (QED) is 0.866. The molecule has 0 saturated heterocycles. The van der Waals surface area contributed by atoms with Crippen molar-refractivity contribution < 1.29 is 23.6 Å². The fourth-order valence-corrected chi connectivity index (χ4v) is 2.69. The monoisotopic (exact) mass is 316 g/mol. The Morgan fingerprint density at radius 2 is 2.13 bits per heavy atom. The largest absolute Gasteiger partial charge is 0.479 e. The first kappa shape index (κ1) is 15.1. The molecule has 0 saturated carbocycles. The number of aryl methyl sites for hydroxylation is 1. The van der Waals surface area contributed by atoms with Gasteiger partial charge < -0.3 is 19.3 Å². The molecule has 0 fully saturated rings. The van der Waals surface area contributed by atoms with Gasteiger partial charge in [-0.2, -0.15) is 0 Å². The summed E-state index contributed by atoms with van der Waals surface area (Å²) in [5.74, 6) is -0.443. The van der Waals surface area contributed by atoms with Crippen LogP contribution in [0.15, 0.2) is 28.8 Å². The lowest BCUT2D eigenvalue weighted by Crippen LogP contribution is -2.26. The summed E-state index contributed by atoms with van der Waals surface area (Å²) in [5.41, 5.74) is 2.50. The molecule has 23 heavy (non-hydrogen) atoms. The maximum Gasteiger partial charge on any atom is 0.337 e. The molecule has 7 nitrogen and oxygen atoms in total. The Morgan fingerprint density at radius 1 is 1.30 bits per heavy atom. The first-order valence-corrected chi connectivity index (χ1v) is 7.15. The molecule has 2 aromatic rings. The predicted octanol–water partition coefficient (Wildman–Crippen LogP) is 1.89. The number of fused-ring (bicyclic) bond motifs is 1. The molecule has 1 N–H and O–H groups in total. The molecule has 0 spiro atoms. The third-order valence-electron chi connectivity index (χ3n) is 3.87. The Kier molecular flexibility index (Phi) is 4.01. The molecule has 1 aromatic carbocycles. The van der Waals surface area contributed by atoms with Gasteiger partial charge in [-0.3, -0.25) is 4.79 Å². The zero-order chi connectivity index (χ0) is 16.4. The smallest absolute Gasteiger partial charge is 0.337 e. The number of methoxy groups -OCH3 is 2. The van der Waals surface area contributed by atoms with Crippen LogP contribution in [0.2, 0.25) is 0 Å². The van der Waals surface area contributed by atoms with Crippen LogP contribution < -0.4 is 10.1 Å². The molecule has 7 heteroatoms. The summed E-state index contributed by atoms with van der Waals surface area (Å²) in [6.07, 6.45) is 1.60. The summed E-state index contributed by atoms with van der Waals surface area (Å²) in [7, 11) is 2.78. The number of nitrogens with zero attached hydrogens (tertiary/aromatic N) is 1. The summed E-state index contributed by atoms with van der Waals surface area (Å²) in [4.78, 5) is 23.9. The minimum absolute atomic E-state index is 0.0828. The molecule has 1 amide bonds. The van der Waals surface area contributed by atoms with Crippen molar-refractivity contribution in [2.75, 3.05) is 14.2 Å². The van der Waals surface area contributed by atoms with E-state index in [4.69, 9.17) is 14.0 Å². The number of ether oxygens (including phenoxy) is 2. The second-order valence-corrected chi connectivity index (χ2v) is 5.20. The minimum atomic E-state index is -0.398. The number of hydrogen-bond donors (Lipinski definition) is 1. The highest BCUT2D eigenvalue weighted by Gasteiger charge is 2.27. The number of amides is 1. The summed E-state index contributed by atoms with van der Waals surface area (Å²) in [5, 5.41) is 6.50. The zero-order valence-electron chi connectivity index (χ0n) is 12.8. The van der Waals surface area contributed by atoms with Crippen molar-refractivity contribution in [1.29, 1.82) is 0 Å². The number of benzene rings is 1.